The van der Waals surface area contributed by atoms with Gasteiger partial charge in [0.1, 0.15) is 5.75 Å². The zero-order chi connectivity index (χ0) is 20.0. The molecule has 0 unspecified atom stereocenters. The maximum atomic E-state index is 12.1. The predicted molar refractivity (Wildman–Crippen MR) is 117 cm³/mol. The summed E-state index contributed by atoms with van der Waals surface area (Å²) in [6, 6.07) is 12.8. The molecule has 0 N–H and O–H groups in total. The molecule has 1 heterocycles. The van der Waals surface area contributed by atoms with E-state index in [1.165, 1.54) is 16.2 Å². The number of hydrogen-bond acceptors (Lipinski definition) is 3. The number of hydrogen-bond donors (Lipinski definition) is 0. The molecule has 8 heteroatoms. The zero-order valence-electron chi connectivity index (χ0n) is 14.5. The summed E-state index contributed by atoms with van der Waals surface area (Å²) in [5.41, 5.74) is 1.32. The topological polar surface area (TPSA) is 48.3 Å². The highest BCUT2D eigenvalue weighted by Gasteiger charge is 2.17. The van der Waals surface area contributed by atoms with E-state index in [2.05, 4.69) is 22.5 Å². The Hall–Kier alpha value is -1.47. The quantitative estimate of drug-likeness (QED) is 0.332. The van der Waals surface area contributed by atoms with Crippen LogP contribution in [0.4, 0.5) is 0 Å². The molecule has 144 valence electrons. The van der Waals surface area contributed by atoms with E-state index in [0.717, 1.165) is 21.2 Å². The Morgan fingerprint density at radius 1 is 1.26 bits per heavy atom. The van der Waals surface area contributed by atoms with E-state index in [4.69, 9.17) is 27.9 Å². The summed E-state index contributed by atoms with van der Waals surface area (Å²) in [4.78, 5) is 0. The maximum absolute atomic E-state index is 12.1. The number of fused-ring (bicyclic) bond motifs is 1. The number of para-hydroxylation sites is 1. The van der Waals surface area contributed by atoms with Gasteiger partial charge in [0.05, 0.1) is 22.9 Å². The molecule has 0 radical (unpaired) electrons. The smallest absolute Gasteiger partial charge is 0.242 e. The predicted octanol–water partition coefficient (Wildman–Crippen LogP) is 5.86. The second-order valence-electron chi connectivity index (χ2n) is 5.45. The fraction of sp³-hybridized carbons (Fsp3) is 0.158. The van der Waals surface area contributed by atoms with Crippen molar-refractivity contribution in [1.29, 1.82) is 0 Å². The summed E-state index contributed by atoms with van der Waals surface area (Å²) in [7, 11) is -1.79. The third-order valence-corrected chi connectivity index (χ3v) is 6.38. The molecule has 4 nitrogen and oxygen atoms in total. The second kappa shape index (κ2) is 9.64. The number of alkyl halides is 1. The fourth-order valence-corrected chi connectivity index (χ4v) is 4.45. The first kappa shape index (κ1) is 21.8. The van der Waals surface area contributed by atoms with Crippen LogP contribution in [0.3, 0.4) is 0 Å². The molecular formula is C19H18BrCl2NO3S. The van der Waals surface area contributed by atoms with E-state index >= 15 is 0 Å². The number of halogens is 3. The van der Waals surface area contributed by atoms with Crippen molar-refractivity contribution in [3.05, 3.63) is 76.4 Å². The Kier molecular flexibility index (Phi) is 7.79. The third kappa shape index (κ3) is 5.29. The van der Waals surface area contributed by atoms with Gasteiger partial charge in [-0.3, -0.25) is 0 Å². The van der Waals surface area contributed by atoms with Crippen LogP contribution in [0, 0.1) is 0 Å². The Morgan fingerprint density at radius 2 is 1.96 bits per heavy atom. The van der Waals surface area contributed by atoms with Crippen LogP contribution >= 0.6 is 39.1 Å². The highest BCUT2D eigenvalue weighted by molar-refractivity contribution is 9.10. The van der Waals surface area contributed by atoms with Crippen molar-refractivity contribution in [3.63, 3.8) is 0 Å². The summed E-state index contributed by atoms with van der Waals surface area (Å²) < 4.78 is 31.4. The van der Waals surface area contributed by atoms with Crippen molar-refractivity contribution in [1.82, 2.24) is 3.97 Å². The minimum atomic E-state index is -3.44. The Labute approximate surface area is 177 Å². The molecule has 0 spiro atoms. The van der Waals surface area contributed by atoms with E-state index in [1.54, 1.807) is 25.3 Å². The van der Waals surface area contributed by atoms with Crippen LogP contribution in [0.5, 0.6) is 5.75 Å². The molecule has 0 amide bonds. The summed E-state index contributed by atoms with van der Waals surface area (Å²) in [5.74, 6) is 0.978. The Balaban J connectivity index is 0.000000244. The van der Waals surface area contributed by atoms with Gasteiger partial charge in [0.2, 0.25) is 10.0 Å². The lowest BCUT2D eigenvalue weighted by Crippen LogP contribution is -2.14. The van der Waals surface area contributed by atoms with Crippen LogP contribution in [0.15, 0.2) is 65.8 Å². The zero-order valence-corrected chi connectivity index (χ0v) is 18.4. The van der Waals surface area contributed by atoms with E-state index in [-0.39, 0.29) is 11.6 Å². The molecule has 0 saturated carbocycles. The van der Waals surface area contributed by atoms with Gasteiger partial charge in [-0.05, 0) is 51.8 Å². The van der Waals surface area contributed by atoms with Gasteiger partial charge < -0.3 is 4.74 Å². The van der Waals surface area contributed by atoms with Crippen molar-refractivity contribution in [3.8, 4) is 5.75 Å². The average molecular weight is 491 g/mol. The summed E-state index contributed by atoms with van der Waals surface area (Å²) in [6.07, 6.45) is 2.89. The van der Waals surface area contributed by atoms with Gasteiger partial charge in [-0.2, -0.15) is 0 Å². The van der Waals surface area contributed by atoms with Crippen molar-refractivity contribution in [2.45, 2.75) is 5.88 Å². The van der Waals surface area contributed by atoms with Gasteiger partial charge in [0, 0.05) is 22.5 Å². The molecule has 27 heavy (non-hydrogen) atoms. The lowest BCUT2D eigenvalue weighted by Gasteiger charge is -2.04. The summed E-state index contributed by atoms with van der Waals surface area (Å²) in [5, 5.41) is 1.30. The molecule has 1 aromatic heterocycles. The normalized spacial score (nSPS) is 11.0. The molecule has 2 aromatic carbocycles. The second-order valence-corrected chi connectivity index (χ2v) is 8.90. The molecule has 0 saturated heterocycles. The molecule has 3 rings (SSSR count). The van der Waals surface area contributed by atoms with Gasteiger partial charge >= 0.3 is 0 Å². The highest BCUT2D eigenvalue weighted by atomic mass is 79.9. The standard InChI is InChI=1S/C12H11Cl2NO2S.C7H7BrO/c1-2-5-18(16,17)15-8-9(7-13)11-6-10(14)3-4-12(11)15;1-9-7-5-3-2-4-6(7)8/h2-4,6,8H,1,5,7H2;2-5H,1H3. The van der Waals surface area contributed by atoms with E-state index < -0.39 is 10.0 Å². The molecule has 0 aliphatic carbocycles. The number of aromatic nitrogens is 1. The molecule has 0 aliphatic rings. The van der Waals surface area contributed by atoms with Gasteiger partial charge in [-0.15, -0.1) is 18.2 Å². The van der Waals surface area contributed by atoms with Crippen LogP contribution < -0.4 is 4.74 Å². The van der Waals surface area contributed by atoms with Crippen LogP contribution in [0.2, 0.25) is 5.02 Å². The molecule has 0 aliphatic heterocycles. The van der Waals surface area contributed by atoms with Crippen molar-refractivity contribution in [2.75, 3.05) is 12.9 Å². The first-order valence-corrected chi connectivity index (χ1v) is 11.1. The number of methoxy groups -OCH3 is 1. The van der Waals surface area contributed by atoms with Crippen molar-refractivity contribution >= 4 is 60.1 Å². The van der Waals surface area contributed by atoms with Gasteiger partial charge in [0.15, 0.2) is 0 Å². The van der Waals surface area contributed by atoms with Crippen molar-refractivity contribution in [2.24, 2.45) is 0 Å². The largest absolute Gasteiger partial charge is 0.496 e. The lowest BCUT2D eigenvalue weighted by atomic mass is 10.2. The molecule has 0 atom stereocenters. The third-order valence-electron chi connectivity index (χ3n) is 3.64. The van der Waals surface area contributed by atoms with Crippen LogP contribution in [-0.4, -0.2) is 25.3 Å². The molecule has 3 aromatic rings. The number of nitrogens with zero attached hydrogens (tertiary/aromatic N) is 1. The summed E-state index contributed by atoms with van der Waals surface area (Å²) in [6.45, 7) is 3.45. The fourth-order valence-electron chi connectivity index (χ4n) is 2.41. The molecule has 0 fully saturated rings. The van der Waals surface area contributed by atoms with E-state index in [1.807, 2.05) is 24.3 Å². The van der Waals surface area contributed by atoms with Crippen molar-refractivity contribution < 1.29 is 13.2 Å². The highest BCUT2D eigenvalue weighted by Crippen LogP contribution is 2.27. The van der Waals surface area contributed by atoms with E-state index in [0.29, 0.717) is 10.5 Å². The SMILES string of the molecule is C=CCS(=O)(=O)n1cc(CCl)c2cc(Cl)ccc21.COc1ccccc1Br. The van der Waals surface area contributed by atoms with Crippen LogP contribution in [-0.2, 0) is 15.9 Å². The summed E-state index contributed by atoms with van der Waals surface area (Å²) >= 11 is 15.1. The minimum Gasteiger partial charge on any atom is -0.496 e. The average Bonchev–Trinajstić information content (AvgIpc) is 3.01. The number of benzene rings is 2. The molecular weight excluding hydrogens is 473 g/mol. The first-order chi connectivity index (χ1) is 12.8. The van der Waals surface area contributed by atoms with E-state index in [9.17, 15) is 8.42 Å². The number of ether oxygens (including phenoxy) is 1. The van der Waals surface area contributed by atoms with Crippen LogP contribution in [0.25, 0.3) is 10.9 Å². The monoisotopic (exact) mass is 489 g/mol. The maximum Gasteiger partial charge on any atom is 0.242 e. The number of rotatable bonds is 5. The van der Waals surface area contributed by atoms with Gasteiger partial charge in [-0.25, -0.2) is 12.4 Å². The van der Waals surface area contributed by atoms with Crippen LogP contribution in [0.1, 0.15) is 5.56 Å². The van der Waals surface area contributed by atoms with Gasteiger partial charge in [-0.1, -0.05) is 29.8 Å². The Morgan fingerprint density at radius 3 is 2.52 bits per heavy atom. The molecule has 0 bridgehead atoms. The first-order valence-electron chi connectivity index (χ1n) is 7.82. The minimum absolute atomic E-state index is 0.124. The van der Waals surface area contributed by atoms with Gasteiger partial charge in [0.25, 0.3) is 0 Å². The Bertz CT molecular complexity index is 1050. The lowest BCUT2D eigenvalue weighted by molar-refractivity contribution is 0.412.